The minimum atomic E-state index is 0.443. The Bertz CT molecular complexity index is 2550. The van der Waals surface area contributed by atoms with Gasteiger partial charge in [0.2, 0.25) is 0 Å². The molecule has 0 saturated carbocycles. The molecule has 0 radical (unpaired) electrons. The van der Waals surface area contributed by atoms with Crippen molar-refractivity contribution < 1.29 is 4.42 Å². The Hall–Kier alpha value is -5.87. The molecule has 7 aromatic carbocycles. The molecule has 218 valence electrons. The maximum Gasteiger partial charge on any atom is 0.164 e. The molecule has 0 unspecified atom stereocenters. The molecule has 0 aliphatic carbocycles. The van der Waals surface area contributed by atoms with Crippen molar-refractivity contribution in [1.29, 1.82) is 0 Å². The summed E-state index contributed by atoms with van der Waals surface area (Å²) in [5.74, 6) is 2.40. The van der Waals surface area contributed by atoms with E-state index in [9.17, 15) is 0 Å². The van der Waals surface area contributed by atoms with E-state index >= 15 is 0 Å². The van der Waals surface area contributed by atoms with Crippen LogP contribution in [-0.4, -0.2) is 15.0 Å². The van der Waals surface area contributed by atoms with Gasteiger partial charge in [-0.25, -0.2) is 15.0 Å². The van der Waals surface area contributed by atoms with Crippen molar-refractivity contribution in [3.63, 3.8) is 0 Å². The number of rotatable bonds is 4. The first-order valence-corrected chi connectivity index (χ1v) is 15.7. The number of hydrogen-bond acceptors (Lipinski definition) is 4. The van der Waals surface area contributed by atoms with E-state index in [1.165, 1.54) is 37.9 Å². The first-order chi connectivity index (χ1) is 22.6. The Balaban J connectivity index is 1.31. The fourth-order valence-electron chi connectivity index (χ4n) is 6.68. The van der Waals surface area contributed by atoms with E-state index in [-0.39, 0.29) is 0 Å². The molecular weight excluding hydrogens is 562 g/mol. The lowest BCUT2D eigenvalue weighted by atomic mass is 9.92. The average molecular weight is 592 g/mol. The molecule has 0 bridgehead atoms. The molecule has 4 heteroatoms. The average Bonchev–Trinajstić information content (AvgIpc) is 3.48. The summed E-state index contributed by atoms with van der Waals surface area (Å²) < 4.78 is 6.41. The van der Waals surface area contributed by atoms with Gasteiger partial charge in [0.25, 0.3) is 0 Å². The quantitative estimate of drug-likeness (QED) is 0.191. The molecule has 46 heavy (non-hydrogen) atoms. The second-order valence-electron chi connectivity index (χ2n) is 12.3. The highest BCUT2D eigenvalue weighted by Gasteiger charge is 2.17. The van der Waals surface area contributed by atoms with Gasteiger partial charge in [0.05, 0.1) is 0 Å². The summed E-state index contributed by atoms with van der Waals surface area (Å²) in [7, 11) is 0. The highest BCUT2D eigenvalue weighted by Crippen LogP contribution is 2.41. The highest BCUT2D eigenvalue weighted by molar-refractivity contribution is 6.28. The van der Waals surface area contributed by atoms with E-state index in [1.807, 2.05) is 60.7 Å². The van der Waals surface area contributed by atoms with Crippen LogP contribution in [0.2, 0.25) is 0 Å². The number of hydrogen-bond donors (Lipinski definition) is 0. The third-order valence-corrected chi connectivity index (χ3v) is 9.07. The van der Waals surface area contributed by atoms with E-state index in [2.05, 4.69) is 86.6 Å². The molecule has 2 aromatic heterocycles. The fourth-order valence-corrected chi connectivity index (χ4v) is 6.68. The molecular formula is C42H29N3O. The summed E-state index contributed by atoms with van der Waals surface area (Å²) in [5.41, 5.74) is 6.01. The van der Waals surface area contributed by atoms with Crippen LogP contribution < -0.4 is 0 Å². The van der Waals surface area contributed by atoms with E-state index in [1.54, 1.807) is 0 Å². The molecule has 0 spiro atoms. The SMILES string of the molecule is CC(C)c1ccc2oc3cc4c5ccccc5c5cc(-c6nc(-c7ccccc7)nc(-c7ccccc7)n6)ccc5c4cc3c2c1. The van der Waals surface area contributed by atoms with E-state index in [0.717, 1.165) is 38.6 Å². The molecule has 0 N–H and O–H groups in total. The summed E-state index contributed by atoms with van der Waals surface area (Å²) in [4.78, 5) is 14.9. The van der Waals surface area contributed by atoms with Gasteiger partial charge in [0.15, 0.2) is 17.5 Å². The van der Waals surface area contributed by atoms with Gasteiger partial charge in [-0.15, -0.1) is 0 Å². The second-order valence-corrected chi connectivity index (χ2v) is 12.3. The summed E-state index contributed by atoms with van der Waals surface area (Å²) in [6, 6.07) is 46.6. The van der Waals surface area contributed by atoms with Crippen LogP contribution in [0.1, 0.15) is 25.3 Å². The normalized spacial score (nSPS) is 11.9. The number of furan rings is 1. The predicted molar refractivity (Wildman–Crippen MR) is 190 cm³/mol. The number of fused-ring (bicyclic) bond motifs is 9. The van der Waals surface area contributed by atoms with Gasteiger partial charge < -0.3 is 4.42 Å². The minimum absolute atomic E-state index is 0.443. The summed E-state index contributed by atoms with van der Waals surface area (Å²) in [6.07, 6.45) is 0. The number of benzene rings is 7. The van der Waals surface area contributed by atoms with Crippen LogP contribution in [0.25, 0.3) is 88.4 Å². The van der Waals surface area contributed by atoms with Crippen molar-refractivity contribution in [3.05, 3.63) is 139 Å². The van der Waals surface area contributed by atoms with Crippen LogP contribution >= 0.6 is 0 Å². The lowest BCUT2D eigenvalue weighted by molar-refractivity contribution is 0.669. The molecule has 0 fully saturated rings. The molecule has 0 saturated heterocycles. The molecule has 2 heterocycles. The zero-order chi connectivity index (χ0) is 30.8. The van der Waals surface area contributed by atoms with Crippen molar-refractivity contribution in [2.75, 3.05) is 0 Å². The van der Waals surface area contributed by atoms with Gasteiger partial charge in [-0.1, -0.05) is 117 Å². The maximum absolute atomic E-state index is 6.41. The van der Waals surface area contributed by atoms with Crippen molar-refractivity contribution in [1.82, 2.24) is 15.0 Å². The van der Waals surface area contributed by atoms with Crippen molar-refractivity contribution in [2.45, 2.75) is 19.8 Å². The topological polar surface area (TPSA) is 51.8 Å². The smallest absolute Gasteiger partial charge is 0.164 e. The molecule has 9 aromatic rings. The van der Waals surface area contributed by atoms with E-state index in [4.69, 9.17) is 19.4 Å². The molecule has 0 amide bonds. The predicted octanol–water partition coefficient (Wildman–Crippen LogP) is 11.4. The lowest BCUT2D eigenvalue weighted by Gasteiger charge is -2.13. The second kappa shape index (κ2) is 10.4. The van der Waals surface area contributed by atoms with Crippen molar-refractivity contribution >= 4 is 54.3 Å². The number of aromatic nitrogens is 3. The fraction of sp³-hybridized carbons (Fsp3) is 0.0714. The highest BCUT2D eigenvalue weighted by atomic mass is 16.3. The molecule has 0 aliphatic heterocycles. The molecule has 0 atom stereocenters. The Kier molecular flexibility index (Phi) is 5.97. The number of nitrogens with zero attached hydrogens (tertiary/aromatic N) is 3. The third kappa shape index (κ3) is 4.26. The molecule has 4 nitrogen and oxygen atoms in total. The van der Waals surface area contributed by atoms with Crippen LogP contribution in [-0.2, 0) is 0 Å². The van der Waals surface area contributed by atoms with Crippen molar-refractivity contribution in [2.24, 2.45) is 0 Å². The van der Waals surface area contributed by atoms with Crippen LogP contribution in [0, 0.1) is 0 Å². The Morgan fingerprint density at radius 2 is 0.913 bits per heavy atom. The third-order valence-electron chi connectivity index (χ3n) is 9.07. The van der Waals surface area contributed by atoms with Crippen LogP contribution in [0.5, 0.6) is 0 Å². The maximum atomic E-state index is 6.41. The van der Waals surface area contributed by atoms with E-state index in [0.29, 0.717) is 23.4 Å². The molecule has 0 aliphatic rings. The van der Waals surface area contributed by atoms with Crippen LogP contribution in [0.3, 0.4) is 0 Å². The van der Waals surface area contributed by atoms with Gasteiger partial charge in [-0.3, -0.25) is 0 Å². The zero-order valence-corrected chi connectivity index (χ0v) is 25.5. The first-order valence-electron chi connectivity index (χ1n) is 15.7. The lowest BCUT2D eigenvalue weighted by Crippen LogP contribution is -2.00. The standard InChI is InChI=1S/C42H29N3O/c1-25(2)28-18-20-38-36(21-28)37-23-34-32-19-17-29(22-33(32)30-15-9-10-16-31(30)35(34)24-39(37)46-38)42-44-40(26-11-5-3-6-12-26)43-41(45-42)27-13-7-4-8-14-27/h3-25H,1-2H3. The Morgan fingerprint density at radius 3 is 1.54 bits per heavy atom. The van der Waals surface area contributed by atoms with Gasteiger partial charge in [-0.05, 0) is 74.1 Å². The van der Waals surface area contributed by atoms with Gasteiger partial charge in [-0.2, -0.15) is 0 Å². The summed E-state index contributed by atoms with van der Waals surface area (Å²) >= 11 is 0. The monoisotopic (exact) mass is 591 g/mol. The van der Waals surface area contributed by atoms with Crippen LogP contribution in [0.4, 0.5) is 0 Å². The zero-order valence-electron chi connectivity index (χ0n) is 25.5. The molecule has 9 rings (SSSR count). The minimum Gasteiger partial charge on any atom is -0.456 e. The van der Waals surface area contributed by atoms with E-state index < -0.39 is 0 Å². The van der Waals surface area contributed by atoms with Crippen LogP contribution in [0.15, 0.2) is 138 Å². The first kappa shape index (κ1) is 26.5. The summed E-state index contributed by atoms with van der Waals surface area (Å²) in [6.45, 7) is 4.46. The largest absolute Gasteiger partial charge is 0.456 e. The van der Waals surface area contributed by atoms with Gasteiger partial charge in [0.1, 0.15) is 11.2 Å². The Labute approximate surface area is 266 Å². The summed E-state index contributed by atoms with van der Waals surface area (Å²) in [5, 5.41) is 9.42. The Morgan fingerprint density at radius 1 is 0.391 bits per heavy atom. The van der Waals surface area contributed by atoms with Gasteiger partial charge in [0, 0.05) is 27.5 Å². The van der Waals surface area contributed by atoms with Crippen molar-refractivity contribution in [3.8, 4) is 34.2 Å². The van der Waals surface area contributed by atoms with Gasteiger partial charge >= 0.3 is 0 Å².